The van der Waals surface area contributed by atoms with E-state index in [4.69, 9.17) is 9.47 Å². The zero-order valence-corrected chi connectivity index (χ0v) is 11.4. The highest BCUT2D eigenvalue weighted by molar-refractivity contribution is 5.67. The molecule has 1 fully saturated rings. The SMILES string of the molecule is Cn1cc(CNC2CC2)c(-c2ccc3c(c2)OCO3)n1. The van der Waals surface area contributed by atoms with Crippen molar-refractivity contribution in [2.45, 2.75) is 25.4 Å². The van der Waals surface area contributed by atoms with Gasteiger partial charge in [-0.25, -0.2) is 0 Å². The first-order chi connectivity index (χ1) is 9.79. The highest BCUT2D eigenvalue weighted by Crippen LogP contribution is 2.36. The van der Waals surface area contributed by atoms with E-state index in [-0.39, 0.29) is 0 Å². The van der Waals surface area contributed by atoms with E-state index in [0.717, 1.165) is 29.3 Å². The first-order valence-electron chi connectivity index (χ1n) is 6.95. The summed E-state index contributed by atoms with van der Waals surface area (Å²) in [5, 5.41) is 8.12. The Kier molecular flexibility index (Phi) is 2.67. The molecule has 0 atom stereocenters. The van der Waals surface area contributed by atoms with Gasteiger partial charge in [0.25, 0.3) is 0 Å². The monoisotopic (exact) mass is 271 g/mol. The van der Waals surface area contributed by atoms with E-state index in [2.05, 4.69) is 16.6 Å². The summed E-state index contributed by atoms with van der Waals surface area (Å²) in [6, 6.07) is 6.69. The molecule has 2 heterocycles. The normalized spacial score (nSPS) is 16.6. The summed E-state index contributed by atoms with van der Waals surface area (Å²) in [6.45, 7) is 1.17. The van der Waals surface area contributed by atoms with Crippen molar-refractivity contribution in [2.75, 3.05) is 6.79 Å². The summed E-state index contributed by atoms with van der Waals surface area (Å²) in [5.74, 6) is 1.61. The predicted molar refractivity (Wildman–Crippen MR) is 74.6 cm³/mol. The molecule has 1 saturated carbocycles. The van der Waals surface area contributed by atoms with E-state index in [1.807, 2.05) is 29.9 Å². The van der Waals surface area contributed by atoms with E-state index in [0.29, 0.717) is 12.8 Å². The van der Waals surface area contributed by atoms with Crippen molar-refractivity contribution in [3.63, 3.8) is 0 Å². The van der Waals surface area contributed by atoms with Crippen molar-refractivity contribution >= 4 is 0 Å². The molecule has 5 heteroatoms. The molecule has 0 amide bonds. The van der Waals surface area contributed by atoms with Crippen molar-refractivity contribution in [1.82, 2.24) is 15.1 Å². The lowest BCUT2D eigenvalue weighted by atomic mass is 10.1. The third kappa shape index (κ3) is 2.14. The third-order valence-corrected chi connectivity index (χ3v) is 3.71. The summed E-state index contributed by atoms with van der Waals surface area (Å²) < 4.78 is 12.7. The van der Waals surface area contributed by atoms with Crippen LogP contribution in [0.3, 0.4) is 0 Å². The molecule has 1 aliphatic heterocycles. The fraction of sp³-hybridized carbons (Fsp3) is 0.400. The molecule has 104 valence electrons. The minimum atomic E-state index is 0.303. The maximum absolute atomic E-state index is 5.44. The summed E-state index contributed by atoms with van der Waals surface area (Å²) in [7, 11) is 1.96. The van der Waals surface area contributed by atoms with Crippen LogP contribution in [0.1, 0.15) is 18.4 Å². The smallest absolute Gasteiger partial charge is 0.231 e. The lowest BCUT2D eigenvalue weighted by Gasteiger charge is -2.05. The van der Waals surface area contributed by atoms with Gasteiger partial charge in [0.05, 0.1) is 5.69 Å². The Morgan fingerprint density at radius 2 is 2.15 bits per heavy atom. The van der Waals surface area contributed by atoms with Crippen LogP contribution in [0.15, 0.2) is 24.4 Å². The topological polar surface area (TPSA) is 48.3 Å². The number of nitrogens with one attached hydrogen (secondary N) is 1. The van der Waals surface area contributed by atoms with E-state index < -0.39 is 0 Å². The van der Waals surface area contributed by atoms with Gasteiger partial charge in [-0.05, 0) is 31.0 Å². The fourth-order valence-electron chi connectivity index (χ4n) is 2.50. The van der Waals surface area contributed by atoms with Crippen LogP contribution in [0.2, 0.25) is 0 Å². The van der Waals surface area contributed by atoms with Crippen molar-refractivity contribution < 1.29 is 9.47 Å². The van der Waals surface area contributed by atoms with Gasteiger partial charge in [0.15, 0.2) is 11.5 Å². The van der Waals surface area contributed by atoms with Crippen LogP contribution >= 0.6 is 0 Å². The number of hydrogen-bond acceptors (Lipinski definition) is 4. The maximum atomic E-state index is 5.44. The van der Waals surface area contributed by atoms with Gasteiger partial charge in [-0.2, -0.15) is 5.10 Å². The van der Waals surface area contributed by atoms with E-state index >= 15 is 0 Å². The molecule has 5 nitrogen and oxygen atoms in total. The molecule has 0 radical (unpaired) electrons. The molecule has 2 aromatic rings. The van der Waals surface area contributed by atoms with Crippen LogP contribution in [-0.2, 0) is 13.6 Å². The van der Waals surface area contributed by atoms with Crippen LogP contribution in [0.25, 0.3) is 11.3 Å². The molecular weight excluding hydrogens is 254 g/mol. The van der Waals surface area contributed by atoms with Gasteiger partial charge in [-0.3, -0.25) is 4.68 Å². The summed E-state index contributed by atoms with van der Waals surface area (Å²) in [5.41, 5.74) is 3.31. The third-order valence-electron chi connectivity index (χ3n) is 3.71. The van der Waals surface area contributed by atoms with Gasteiger partial charge in [0, 0.05) is 37.0 Å². The van der Waals surface area contributed by atoms with Crippen molar-refractivity contribution in [3.05, 3.63) is 30.0 Å². The first-order valence-corrected chi connectivity index (χ1v) is 6.95. The molecule has 0 spiro atoms. The summed E-state index contributed by atoms with van der Waals surface area (Å²) in [4.78, 5) is 0. The van der Waals surface area contributed by atoms with Gasteiger partial charge in [-0.15, -0.1) is 0 Å². The Morgan fingerprint density at radius 3 is 3.00 bits per heavy atom. The second-order valence-electron chi connectivity index (χ2n) is 5.40. The molecule has 20 heavy (non-hydrogen) atoms. The molecule has 1 aliphatic carbocycles. The Bertz CT molecular complexity index is 647. The highest BCUT2D eigenvalue weighted by Gasteiger charge is 2.22. The van der Waals surface area contributed by atoms with Crippen molar-refractivity contribution in [1.29, 1.82) is 0 Å². The summed E-state index contributed by atoms with van der Waals surface area (Å²) >= 11 is 0. The van der Waals surface area contributed by atoms with Gasteiger partial charge in [-0.1, -0.05) is 0 Å². The van der Waals surface area contributed by atoms with Crippen LogP contribution in [0.5, 0.6) is 11.5 Å². The Hall–Kier alpha value is -2.01. The molecular formula is C15H17N3O2. The lowest BCUT2D eigenvalue weighted by Crippen LogP contribution is -2.15. The second-order valence-corrected chi connectivity index (χ2v) is 5.40. The number of aryl methyl sites for hydroxylation is 1. The number of hydrogen-bond donors (Lipinski definition) is 1. The average molecular weight is 271 g/mol. The minimum Gasteiger partial charge on any atom is -0.454 e. The van der Waals surface area contributed by atoms with E-state index in [9.17, 15) is 0 Å². The molecule has 1 aromatic heterocycles. The quantitative estimate of drug-likeness (QED) is 0.924. The van der Waals surface area contributed by atoms with Crippen LogP contribution < -0.4 is 14.8 Å². The average Bonchev–Trinajstić information content (AvgIpc) is 3.03. The number of benzene rings is 1. The predicted octanol–water partition coefficient (Wildman–Crippen LogP) is 2.07. The molecule has 1 aromatic carbocycles. The number of ether oxygens (including phenoxy) is 2. The number of fused-ring (bicyclic) bond motifs is 1. The number of nitrogens with zero attached hydrogens (tertiary/aromatic N) is 2. The standard InChI is InChI=1S/C15H17N3O2/c1-18-8-11(7-16-12-3-4-12)15(17-18)10-2-5-13-14(6-10)20-9-19-13/h2,5-6,8,12,16H,3-4,7,9H2,1H3. The maximum Gasteiger partial charge on any atom is 0.231 e. The van der Waals surface area contributed by atoms with E-state index in [1.54, 1.807) is 0 Å². The first kappa shape index (κ1) is 11.8. The van der Waals surface area contributed by atoms with Crippen molar-refractivity contribution in [2.24, 2.45) is 7.05 Å². The molecule has 2 aliphatic rings. The molecule has 0 bridgehead atoms. The lowest BCUT2D eigenvalue weighted by molar-refractivity contribution is 0.174. The largest absolute Gasteiger partial charge is 0.454 e. The van der Waals surface area contributed by atoms with Crippen LogP contribution in [0.4, 0.5) is 0 Å². The van der Waals surface area contributed by atoms with Crippen LogP contribution in [0, 0.1) is 0 Å². The number of rotatable bonds is 4. The van der Waals surface area contributed by atoms with Crippen molar-refractivity contribution in [3.8, 4) is 22.8 Å². The Morgan fingerprint density at radius 1 is 1.30 bits per heavy atom. The van der Waals surface area contributed by atoms with Gasteiger partial charge in [0.1, 0.15) is 0 Å². The second kappa shape index (κ2) is 4.52. The highest BCUT2D eigenvalue weighted by atomic mass is 16.7. The molecule has 4 rings (SSSR count). The number of aromatic nitrogens is 2. The Labute approximate surface area is 117 Å². The zero-order valence-electron chi connectivity index (χ0n) is 11.4. The summed E-state index contributed by atoms with van der Waals surface area (Å²) in [6.07, 6.45) is 4.66. The van der Waals surface area contributed by atoms with Crippen LogP contribution in [-0.4, -0.2) is 22.6 Å². The zero-order chi connectivity index (χ0) is 13.5. The Balaban J connectivity index is 1.66. The van der Waals surface area contributed by atoms with Gasteiger partial charge < -0.3 is 14.8 Å². The molecule has 0 saturated heterocycles. The minimum absolute atomic E-state index is 0.303. The molecule has 1 N–H and O–H groups in total. The van der Waals surface area contributed by atoms with Gasteiger partial charge >= 0.3 is 0 Å². The fourth-order valence-corrected chi connectivity index (χ4v) is 2.50. The molecule has 0 unspecified atom stereocenters. The van der Waals surface area contributed by atoms with E-state index in [1.165, 1.54) is 18.4 Å². The van der Waals surface area contributed by atoms with Gasteiger partial charge in [0.2, 0.25) is 6.79 Å².